The molecule has 1 aromatic carbocycles. The van der Waals surface area contributed by atoms with Crippen LogP contribution in [0.4, 0.5) is 11.4 Å². The smallest absolute Gasteiger partial charge is 0.0550 e. The van der Waals surface area contributed by atoms with Crippen LogP contribution >= 0.6 is 0 Å². The van der Waals surface area contributed by atoms with E-state index in [0.717, 1.165) is 0 Å². The third-order valence-electron chi connectivity index (χ3n) is 1.70. The van der Waals surface area contributed by atoms with Gasteiger partial charge in [0.05, 0.1) is 11.4 Å². The van der Waals surface area contributed by atoms with Gasteiger partial charge >= 0.3 is 0 Å². The lowest BCUT2D eigenvalue weighted by Gasteiger charge is -2.03. The summed E-state index contributed by atoms with van der Waals surface area (Å²) in [5, 5.41) is 0. The van der Waals surface area contributed by atoms with Gasteiger partial charge < -0.3 is 17.6 Å². The first-order valence-electron chi connectivity index (χ1n) is 3.23. The quantitative estimate of drug-likeness (QED) is 0.495. The first-order chi connectivity index (χ1) is 4.61. The van der Waals surface area contributed by atoms with Crippen molar-refractivity contribution in [2.24, 2.45) is 0 Å². The minimum Gasteiger partial charge on any atom is -0.397 e. The van der Waals surface area contributed by atoms with Gasteiger partial charge in [-0.3, -0.25) is 0 Å². The molecule has 0 aliphatic heterocycles. The van der Waals surface area contributed by atoms with Crippen LogP contribution in [-0.2, 0) is 0 Å². The van der Waals surface area contributed by atoms with E-state index >= 15 is 0 Å². The third-order valence-corrected chi connectivity index (χ3v) is 1.70. The number of hydrogen-bond acceptors (Lipinski definition) is 3. The molecule has 3 heteroatoms. The molecule has 0 saturated carbocycles. The first-order valence-corrected chi connectivity index (χ1v) is 3.23. The number of nitrogens with two attached hydrogens (primary N) is 2. The predicted molar refractivity (Wildman–Crippen MR) is 49.8 cm³/mol. The fraction of sp³-hybridized carbons (Fsp3) is 0.250. The molecule has 0 atom stereocenters. The number of nitrogen functional groups attached to an aromatic ring is 2. The Morgan fingerprint density at radius 3 is 1.45 bits per heavy atom. The standard InChI is InChI=1S/C8H12N2.H3N/c1-5-3-7(9)8(10)4-6(5)2;/h3-4H,9-10H2,1-2H3;1H3. The lowest BCUT2D eigenvalue weighted by atomic mass is 10.1. The van der Waals surface area contributed by atoms with Crippen LogP contribution in [0.3, 0.4) is 0 Å². The number of hydrogen-bond donors (Lipinski definition) is 3. The summed E-state index contributed by atoms with van der Waals surface area (Å²) >= 11 is 0. The van der Waals surface area contributed by atoms with Crippen molar-refractivity contribution in [1.29, 1.82) is 0 Å². The number of rotatable bonds is 0. The van der Waals surface area contributed by atoms with Gasteiger partial charge in [0.15, 0.2) is 0 Å². The second-order valence-electron chi connectivity index (χ2n) is 2.57. The maximum Gasteiger partial charge on any atom is 0.0550 e. The molecule has 0 bridgehead atoms. The highest BCUT2D eigenvalue weighted by Gasteiger charge is 1.96. The molecule has 0 fully saturated rings. The lowest BCUT2D eigenvalue weighted by molar-refractivity contribution is 1.35. The first kappa shape index (κ1) is 9.78. The highest BCUT2D eigenvalue weighted by molar-refractivity contribution is 5.65. The van der Waals surface area contributed by atoms with Crippen molar-refractivity contribution >= 4 is 11.4 Å². The van der Waals surface area contributed by atoms with Gasteiger partial charge in [0.1, 0.15) is 0 Å². The summed E-state index contributed by atoms with van der Waals surface area (Å²) in [6, 6.07) is 3.79. The Kier molecular flexibility index (Phi) is 2.89. The summed E-state index contributed by atoms with van der Waals surface area (Å²) in [4.78, 5) is 0. The Labute approximate surface area is 67.0 Å². The van der Waals surface area contributed by atoms with E-state index < -0.39 is 0 Å². The van der Waals surface area contributed by atoms with Crippen molar-refractivity contribution in [3.05, 3.63) is 23.3 Å². The summed E-state index contributed by atoms with van der Waals surface area (Å²) in [6.45, 7) is 4.04. The number of benzene rings is 1. The van der Waals surface area contributed by atoms with E-state index in [4.69, 9.17) is 11.5 Å². The van der Waals surface area contributed by atoms with Gasteiger partial charge in [-0.25, -0.2) is 0 Å². The van der Waals surface area contributed by atoms with Crippen LogP contribution in [0.25, 0.3) is 0 Å². The highest BCUT2D eigenvalue weighted by Crippen LogP contribution is 2.18. The Bertz CT molecular complexity index is 206. The molecular formula is C8H15N3. The molecule has 0 saturated heterocycles. The minimum atomic E-state index is 0. The normalized spacial score (nSPS) is 8.91. The van der Waals surface area contributed by atoms with Gasteiger partial charge in [0.25, 0.3) is 0 Å². The molecule has 62 valence electrons. The molecule has 0 aliphatic carbocycles. The molecule has 0 aromatic heterocycles. The lowest BCUT2D eigenvalue weighted by Crippen LogP contribution is -1.96. The molecule has 1 aromatic rings. The van der Waals surface area contributed by atoms with Crippen LogP contribution in [0, 0.1) is 13.8 Å². The van der Waals surface area contributed by atoms with Gasteiger partial charge in [-0.05, 0) is 37.1 Å². The van der Waals surface area contributed by atoms with Crippen molar-refractivity contribution in [1.82, 2.24) is 6.15 Å². The van der Waals surface area contributed by atoms with Crippen LogP contribution in [-0.4, -0.2) is 0 Å². The minimum absolute atomic E-state index is 0. The molecule has 7 N–H and O–H groups in total. The summed E-state index contributed by atoms with van der Waals surface area (Å²) in [6.07, 6.45) is 0. The second kappa shape index (κ2) is 3.25. The van der Waals surface area contributed by atoms with Gasteiger partial charge in [-0.1, -0.05) is 0 Å². The summed E-state index contributed by atoms with van der Waals surface area (Å²) < 4.78 is 0. The van der Waals surface area contributed by atoms with E-state index in [1.54, 1.807) is 0 Å². The molecule has 1 rings (SSSR count). The van der Waals surface area contributed by atoms with Crippen LogP contribution < -0.4 is 17.6 Å². The van der Waals surface area contributed by atoms with Gasteiger partial charge in [-0.15, -0.1) is 0 Å². The topological polar surface area (TPSA) is 87.0 Å². The van der Waals surface area contributed by atoms with E-state index in [2.05, 4.69) is 0 Å². The van der Waals surface area contributed by atoms with Crippen molar-refractivity contribution in [2.75, 3.05) is 11.5 Å². The molecule has 3 nitrogen and oxygen atoms in total. The fourth-order valence-corrected chi connectivity index (χ4v) is 0.861. The molecule has 0 heterocycles. The summed E-state index contributed by atoms with van der Waals surface area (Å²) in [5.41, 5.74) is 14.8. The molecule has 0 radical (unpaired) electrons. The number of anilines is 2. The fourth-order valence-electron chi connectivity index (χ4n) is 0.861. The van der Waals surface area contributed by atoms with E-state index in [9.17, 15) is 0 Å². The van der Waals surface area contributed by atoms with Crippen molar-refractivity contribution in [2.45, 2.75) is 13.8 Å². The predicted octanol–water partition coefficient (Wildman–Crippen LogP) is 1.63. The SMILES string of the molecule is Cc1cc(N)c(N)cc1C.N. The molecule has 0 spiro atoms. The maximum atomic E-state index is 5.56. The second-order valence-corrected chi connectivity index (χ2v) is 2.57. The summed E-state index contributed by atoms with van der Waals surface area (Å²) in [7, 11) is 0. The Morgan fingerprint density at radius 1 is 0.909 bits per heavy atom. The molecule has 11 heavy (non-hydrogen) atoms. The van der Waals surface area contributed by atoms with E-state index in [1.807, 2.05) is 26.0 Å². The van der Waals surface area contributed by atoms with E-state index in [1.165, 1.54) is 11.1 Å². The Hall–Kier alpha value is -1.22. The van der Waals surface area contributed by atoms with Crippen molar-refractivity contribution < 1.29 is 0 Å². The zero-order chi connectivity index (χ0) is 7.72. The average Bonchev–Trinajstić information content (AvgIpc) is 1.84. The van der Waals surface area contributed by atoms with Gasteiger partial charge in [0.2, 0.25) is 0 Å². The Balaban J connectivity index is 0.000001000. The summed E-state index contributed by atoms with van der Waals surface area (Å²) in [5.74, 6) is 0. The average molecular weight is 153 g/mol. The number of aryl methyl sites for hydroxylation is 2. The molecule has 0 aliphatic rings. The van der Waals surface area contributed by atoms with Gasteiger partial charge in [-0.2, -0.15) is 0 Å². The monoisotopic (exact) mass is 153 g/mol. The van der Waals surface area contributed by atoms with Gasteiger partial charge in [0, 0.05) is 0 Å². The Morgan fingerprint density at radius 2 is 1.18 bits per heavy atom. The highest BCUT2D eigenvalue weighted by atomic mass is 14.7. The molecule has 0 amide bonds. The van der Waals surface area contributed by atoms with Crippen LogP contribution in [0.1, 0.15) is 11.1 Å². The zero-order valence-corrected chi connectivity index (χ0v) is 7.02. The van der Waals surface area contributed by atoms with Crippen molar-refractivity contribution in [3.8, 4) is 0 Å². The zero-order valence-electron chi connectivity index (χ0n) is 7.02. The largest absolute Gasteiger partial charge is 0.397 e. The molecule has 0 unspecified atom stereocenters. The van der Waals surface area contributed by atoms with Crippen LogP contribution in [0.2, 0.25) is 0 Å². The molecular weight excluding hydrogens is 138 g/mol. The maximum absolute atomic E-state index is 5.56. The van der Waals surface area contributed by atoms with Crippen LogP contribution in [0.15, 0.2) is 12.1 Å². The van der Waals surface area contributed by atoms with E-state index in [0.29, 0.717) is 11.4 Å². The van der Waals surface area contributed by atoms with Crippen molar-refractivity contribution in [3.63, 3.8) is 0 Å². The van der Waals surface area contributed by atoms with E-state index in [-0.39, 0.29) is 6.15 Å². The van der Waals surface area contributed by atoms with Crippen LogP contribution in [0.5, 0.6) is 0 Å². The third kappa shape index (κ3) is 1.85.